The molecule has 3 nitrogen and oxygen atoms in total. The zero-order valence-electron chi connectivity index (χ0n) is 20.0. The Balaban J connectivity index is 1.52. The third-order valence-corrected chi connectivity index (χ3v) is 10.3. The van der Waals surface area contributed by atoms with Gasteiger partial charge in [-0.25, -0.2) is 0 Å². The first-order chi connectivity index (χ1) is 14.0. The van der Waals surface area contributed by atoms with Crippen LogP contribution in [0.1, 0.15) is 98.8 Å². The molecule has 0 aromatic carbocycles. The molecule has 0 amide bonds. The third kappa shape index (κ3) is 3.82. The van der Waals surface area contributed by atoms with Crippen molar-refractivity contribution in [3.8, 4) is 0 Å². The van der Waals surface area contributed by atoms with Crippen LogP contribution in [0.3, 0.4) is 0 Å². The minimum absolute atomic E-state index is 0.181. The summed E-state index contributed by atoms with van der Waals surface area (Å²) in [5.41, 5.74) is 1.31. The second-order valence-corrected chi connectivity index (χ2v) is 12.7. The molecule has 9 atom stereocenters. The molecule has 30 heavy (non-hydrogen) atoms. The molecular formula is C27H46O3. The van der Waals surface area contributed by atoms with Crippen LogP contribution in [0.15, 0.2) is 11.6 Å². The zero-order valence-corrected chi connectivity index (χ0v) is 20.0. The van der Waals surface area contributed by atoms with Gasteiger partial charge in [0.15, 0.2) is 0 Å². The summed E-state index contributed by atoms with van der Waals surface area (Å²) in [5.74, 6) is 3.01. The molecule has 0 aliphatic heterocycles. The van der Waals surface area contributed by atoms with Crippen molar-refractivity contribution >= 4 is 0 Å². The molecule has 0 saturated heterocycles. The van der Waals surface area contributed by atoms with Gasteiger partial charge in [-0.1, -0.05) is 45.3 Å². The topological polar surface area (TPSA) is 60.7 Å². The van der Waals surface area contributed by atoms with Crippen LogP contribution in [0.2, 0.25) is 0 Å². The highest BCUT2D eigenvalue weighted by atomic mass is 16.3. The van der Waals surface area contributed by atoms with Crippen LogP contribution in [0.4, 0.5) is 0 Å². The summed E-state index contributed by atoms with van der Waals surface area (Å²) >= 11 is 0. The lowest BCUT2D eigenvalue weighted by Gasteiger charge is -2.59. The van der Waals surface area contributed by atoms with Crippen LogP contribution in [0.5, 0.6) is 0 Å². The molecule has 3 fully saturated rings. The van der Waals surface area contributed by atoms with Crippen LogP contribution in [0.25, 0.3) is 0 Å². The fourth-order valence-corrected chi connectivity index (χ4v) is 8.66. The largest absolute Gasteiger partial charge is 0.393 e. The highest BCUT2D eigenvalue weighted by Gasteiger charge is 2.61. The summed E-state index contributed by atoms with van der Waals surface area (Å²) in [4.78, 5) is 0. The number of hydrogen-bond acceptors (Lipinski definition) is 3. The van der Waals surface area contributed by atoms with Gasteiger partial charge in [-0.3, -0.25) is 0 Å². The molecule has 4 aliphatic rings. The van der Waals surface area contributed by atoms with E-state index in [-0.39, 0.29) is 17.6 Å². The number of fused-ring (bicyclic) bond motifs is 5. The van der Waals surface area contributed by atoms with Crippen LogP contribution in [-0.4, -0.2) is 33.1 Å². The lowest BCUT2D eigenvalue weighted by atomic mass is 9.46. The zero-order chi connectivity index (χ0) is 21.9. The first-order valence-electron chi connectivity index (χ1n) is 12.8. The van der Waals surface area contributed by atoms with Gasteiger partial charge in [-0.15, -0.1) is 0 Å². The van der Waals surface area contributed by atoms with E-state index in [1.54, 1.807) is 0 Å². The quantitative estimate of drug-likeness (QED) is 0.519. The Morgan fingerprint density at radius 2 is 1.80 bits per heavy atom. The second-order valence-electron chi connectivity index (χ2n) is 12.7. The predicted molar refractivity (Wildman–Crippen MR) is 122 cm³/mol. The van der Waals surface area contributed by atoms with Crippen molar-refractivity contribution in [3.05, 3.63) is 11.6 Å². The molecule has 0 spiro atoms. The summed E-state index contributed by atoms with van der Waals surface area (Å²) < 4.78 is 0. The van der Waals surface area contributed by atoms with E-state index in [1.165, 1.54) is 37.7 Å². The lowest BCUT2D eigenvalue weighted by molar-refractivity contribution is -0.0971. The fourth-order valence-electron chi connectivity index (χ4n) is 8.66. The van der Waals surface area contributed by atoms with Crippen molar-refractivity contribution in [3.63, 3.8) is 0 Å². The van der Waals surface area contributed by atoms with Gasteiger partial charge in [0, 0.05) is 0 Å². The maximum absolute atomic E-state index is 11.3. The summed E-state index contributed by atoms with van der Waals surface area (Å²) in [5, 5.41) is 31.6. The summed E-state index contributed by atoms with van der Waals surface area (Å²) in [6.45, 7) is 11.2. The Morgan fingerprint density at radius 3 is 2.50 bits per heavy atom. The van der Waals surface area contributed by atoms with Crippen molar-refractivity contribution in [2.24, 2.45) is 40.4 Å². The van der Waals surface area contributed by atoms with E-state index in [0.717, 1.165) is 38.0 Å². The normalized spacial score (nSPS) is 47.1. The van der Waals surface area contributed by atoms with Crippen LogP contribution >= 0.6 is 0 Å². The fraction of sp³-hybridized carbons (Fsp3) is 0.926. The molecule has 0 radical (unpaired) electrons. The van der Waals surface area contributed by atoms with Gasteiger partial charge >= 0.3 is 0 Å². The average molecular weight is 419 g/mol. The van der Waals surface area contributed by atoms with Gasteiger partial charge in [-0.05, 0) is 106 Å². The second kappa shape index (κ2) is 7.89. The minimum Gasteiger partial charge on any atom is -0.393 e. The summed E-state index contributed by atoms with van der Waals surface area (Å²) in [6, 6.07) is 0. The van der Waals surface area contributed by atoms with E-state index in [4.69, 9.17) is 0 Å². The van der Waals surface area contributed by atoms with Crippen LogP contribution in [0, 0.1) is 40.4 Å². The van der Waals surface area contributed by atoms with Gasteiger partial charge in [-0.2, -0.15) is 0 Å². The van der Waals surface area contributed by atoms with Crippen LogP contribution < -0.4 is 0 Å². The molecule has 172 valence electrons. The molecule has 3 unspecified atom stereocenters. The van der Waals surface area contributed by atoms with Gasteiger partial charge in [0.05, 0.1) is 17.8 Å². The Morgan fingerprint density at radius 1 is 1.07 bits per heavy atom. The maximum atomic E-state index is 11.3. The van der Waals surface area contributed by atoms with Crippen molar-refractivity contribution in [2.45, 2.75) is 117 Å². The predicted octanol–water partition coefficient (Wildman–Crippen LogP) is 5.47. The number of hydrogen-bond donors (Lipinski definition) is 3. The summed E-state index contributed by atoms with van der Waals surface area (Å²) in [6.07, 6.45) is 12.6. The minimum atomic E-state index is -0.556. The van der Waals surface area contributed by atoms with Crippen molar-refractivity contribution in [1.29, 1.82) is 0 Å². The SMILES string of the molecule is CC(CCCC(C)(C)O)[C@@H]1CC[C@@H]2[C@@H]3C(O)C=C4CC(O)CC[C@]4(C)[C@@H]3CC[C@@]21C. The van der Waals surface area contributed by atoms with E-state index in [2.05, 4.69) is 26.8 Å². The Hall–Kier alpha value is -0.380. The van der Waals surface area contributed by atoms with E-state index < -0.39 is 5.60 Å². The molecule has 0 heterocycles. The molecule has 3 N–H and O–H groups in total. The number of aliphatic hydroxyl groups excluding tert-OH is 2. The average Bonchev–Trinajstić information content (AvgIpc) is 2.99. The van der Waals surface area contributed by atoms with Crippen LogP contribution in [-0.2, 0) is 0 Å². The molecule has 0 bridgehead atoms. The molecule has 3 saturated carbocycles. The van der Waals surface area contributed by atoms with E-state index in [1.807, 2.05) is 13.8 Å². The number of rotatable bonds is 5. The van der Waals surface area contributed by atoms with Crippen molar-refractivity contribution in [1.82, 2.24) is 0 Å². The van der Waals surface area contributed by atoms with E-state index in [9.17, 15) is 15.3 Å². The Kier molecular flexibility index (Phi) is 5.99. The number of aliphatic hydroxyl groups is 3. The first-order valence-corrected chi connectivity index (χ1v) is 12.8. The molecule has 0 aromatic rings. The van der Waals surface area contributed by atoms with Gasteiger partial charge < -0.3 is 15.3 Å². The Labute approximate surface area is 184 Å². The molecular weight excluding hydrogens is 372 g/mol. The van der Waals surface area contributed by atoms with E-state index >= 15 is 0 Å². The first kappa shape index (κ1) is 22.8. The third-order valence-electron chi connectivity index (χ3n) is 10.3. The van der Waals surface area contributed by atoms with E-state index in [0.29, 0.717) is 29.1 Å². The standard InChI is InChI=1S/C27H46O3/c1-17(7-6-12-25(2,3)30)20-8-9-21-24-22(11-14-27(20,21)5)26(4)13-10-19(28)15-18(26)16-23(24)29/h16-17,19-24,28-30H,6-15H2,1-5H3/t17?,19?,20-,21+,22+,23?,24-,26-,27+/m0/s1. The monoisotopic (exact) mass is 418 g/mol. The van der Waals surface area contributed by atoms with Gasteiger partial charge in [0.25, 0.3) is 0 Å². The molecule has 4 aliphatic carbocycles. The summed E-state index contributed by atoms with van der Waals surface area (Å²) in [7, 11) is 0. The molecule has 3 heteroatoms. The molecule has 0 aromatic heterocycles. The molecule has 4 rings (SSSR count). The highest BCUT2D eigenvalue weighted by Crippen LogP contribution is 2.67. The van der Waals surface area contributed by atoms with Crippen molar-refractivity contribution < 1.29 is 15.3 Å². The smallest absolute Gasteiger partial charge is 0.0757 e. The lowest BCUT2D eigenvalue weighted by Crippen LogP contribution is -2.54. The van der Waals surface area contributed by atoms with Gasteiger partial charge in [0.1, 0.15) is 0 Å². The van der Waals surface area contributed by atoms with Crippen molar-refractivity contribution in [2.75, 3.05) is 0 Å². The van der Waals surface area contributed by atoms with Gasteiger partial charge in [0.2, 0.25) is 0 Å². The Bertz CT molecular complexity index is 664. The highest BCUT2D eigenvalue weighted by molar-refractivity contribution is 5.27. The maximum Gasteiger partial charge on any atom is 0.0757 e.